The van der Waals surface area contributed by atoms with Crippen molar-refractivity contribution >= 4 is 0 Å². The van der Waals surface area contributed by atoms with E-state index in [9.17, 15) is 0 Å². The molecule has 0 amide bonds. The summed E-state index contributed by atoms with van der Waals surface area (Å²) in [5.74, 6) is 0. The van der Waals surface area contributed by atoms with Gasteiger partial charge in [-0.2, -0.15) is 5.26 Å². The Bertz CT molecular complexity index is 209. The molecule has 0 radical (unpaired) electrons. The molecule has 1 aliphatic carbocycles. The quantitative estimate of drug-likeness (QED) is 0.486. The molecule has 0 N–H and O–H groups in total. The summed E-state index contributed by atoms with van der Waals surface area (Å²) in [5.41, 5.74) is 1.36. The summed E-state index contributed by atoms with van der Waals surface area (Å²) in [6.45, 7) is 4.21. The van der Waals surface area contributed by atoms with Crippen LogP contribution >= 0.6 is 0 Å². The second-order valence-electron chi connectivity index (χ2n) is 3.78. The fraction of sp³-hybridized carbons (Fsp3) is 0.700. The second-order valence-corrected chi connectivity index (χ2v) is 3.78. The molecule has 11 heavy (non-hydrogen) atoms. The van der Waals surface area contributed by atoms with Gasteiger partial charge in [-0.1, -0.05) is 11.6 Å². The van der Waals surface area contributed by atoms with Crippen molar-refractivity contribution in [3.63, 3.8) is 0 Å². The van der Waals surface area contributed by atoms with Crippen molar-refractivity contribution in [1.29, 1.82) is 5.26 Å². The molecule has 0 spiro atoms. The topological polar surface area (TPSA) is 23.8 Å². The molecule has 1 heteroatoms. The van der Waals surface area contributed by atoms with E-state index in [1.54, 1.807) is 0 Å². The van der Waals surface area contributed by atoms with Crippen molar-refractivity contribution in [3.05, 3.63) is 11.6 Å². The first-order valence-corrected chi connectivity index (χ1v) is 4.23. The highest BCUT2D eigenvalue weighted by Crippen LogP contribution is 2.32. The molecule has 0 aliphatic heterocycles. The van der Waals surface area contributed by atoms with E-state index in [1.807, 2.05) is 0 Å². The maximum absolute atomic E-state index is 8.88. The molecule has 0 fully saturated rings. The Morgan fingerprint density at radius 2 is 2.36 bits per heavy atom. The van der Waals surface area contributed by atoms with Crippen molar-refractivity contribution in [2.45, 2.75) is 39.5 Å². The van der Waals surface area contributed by atoms with Crippen LogP contribution in [-0.2, 0) is 0 Å². The Kier molecular flexibility index (Phi) is 2.34. The van der Waals surface area contributed by atoms with Gasteiger partial charge in [0.25, 0.3) is 0 Å². The van der Waals surface area contributed by atoms with Gasteiger partial charge >= 0.3 is 0 Å². The van der Waals surface area contributed by atoms with Gasteiger partial charge in [-0.15, -0.1) is 0 Å². The van der Waals surface area contributed by atoms with E-state index in [-0.39, 0.29) is 5.41 Å². The minimum atomic E-state index is -0.0856. The Labute approximate surface area is 68.7 Å². The van der Waals surface area contributed by atoms with Crippen LogP contribution in [0.3, 0.4) is 0 Å². The Balaban J connectivity index is 2.69. The molecule has 60 valence electrons. The molecule has 0 aromatic carbocycles. The predicted molar refractivity (Wildman–Crippen MR) is 45.9 cm³/mol. The van der Waals surface area contributed by atoms with E-state index >= 15 is 0 Å². The lowest BCUT2D eigenvalue weighted by molar-refractivity contribution is 0.407. The van der Waals surface area contributed by atoms with Crippen molar-refractivity contribution in [1.82, 2.24) is 0 Å². The maximum atomic E-state index is 8.88. The number of nitriles is 1. The number of rotatable bonds is 0. The Morgan fingerprint density at radius 3 is 3.00 bits per heavy atom. The van der Waals surface area contributed by atoms with Crippen molar-refractivity contribution in [2.24, 2.45) is 5.41 Å². The van der Waals surface area contributed by atoms with E-state index < -0.39 is 0 Å². The van der Waals surface area contributed by atoms with Gasteiger partial charge in [0.05, 0.1) is 11.5 Å². The monoisotopic (exact) mass is 149 g/mol. The lowest BCUT2D eigenvalue weighted by Crippen LogP contribution is -2.10. The van der Waals surface area contributed by atoms with E-state index in [0.29, 0.717) is 0 Å². The minimum absolute atomic E-state index is 0.0856. The standard InChI is InChI=1S/C10H15N/c1-9-4-3-6-10(2,8-11)7-5-9/h5H,3-4,6-7H2,1-2H3. The molecule has 0 bridgehead atoms. The first-order chi connectivity index (χ1) is 5.16. The first kappa shape index (κ1) is 8.33. The van der Waals surface area contributed by atoms with Crippen LogP contribution in [0, 0.1) is 16.7 Å². The van der Waals surface area contributed by atoms with Crippen LogP contribution in [0.4, 0.5) is 0 Å². The zero-order valence-corrected chi connectivity index (χ0v) is 7.35. The van der Waals surface area contributed by atoms with Crippen molar-refractivity contribution < 1.29 is 0 Å². The summed E-state index contributed by atoms with van der Waals surface area (Å²) in [4.78, 5) is 0. The summed E-state index contributed by atoms with van der Waals surface area (Å²) >= 11 is 0. The Morgan fingerprint density at radius 1 is 1.64 bits per heavy atom. The summed E-state index contributed by atoms with van der Waals surface area (Å²) in [6, 6.07) is 2.40. The zero-order valence-electron chi connectivity index (χ0n) is 7.35. The van der Waals surface area contributed by atoms with Crippen LogP contribution in [0.1, 0.15) is 39.5 Å². The van der Waals surface area contributed by atoms with Gasteiger partial charge in [0, 0.05) is 0 Å². The molecule has 1 unspecified atom stereocenters. The third-order valence-corrected chi connectivity index (χ3v) is 2.47. The number of allylic oxidation sites excluding steroid dienone is 2. The predicted octanol–water partition coefficient (Wildman–Crippen LogP) is 3.04. The van der Waals surface area contributed by atoms with Gasteiger partial charge in [0.1, 0.15) is 0 Å². The first-order valence-electron chi connectivity index (χ1n) is 4.23. The average molecular weight is 149 g/mol. The molecule has 1 aliphatic rings. The number of hydrogen-bond donors (Lipinski definition) is 0. The van der Waals surface area contributed by atoms with Crippen molar-refractivity contribution in [3.8, 4) is 6.07 Å². The molecule has 1 rings (SSSR count). The fourth-order valence-corrected chi connectivity index (χ4v) is 1.46. The van der Waals surface area contributed by atoms with Crippen LogP contribution in [0.2, 0.25) is 0 Å². The molecule has 1 nitrogen and oxygen atoms in total. The highest BCUT2D eigenvalue weighted by Gasteiger charge is 2.23. The SMILES string of the molecule is CC1=CCC(C)(C#N)CCC1. The summed E-state index contributed by atoms with van der Waals surface area (Å²) in [5, 5.41) is 8.88. The number of hydrogen-bond acceptors (Lipinski definition) is 1. The lowest BCUT2D eigenvalue weighted by Gasteiger charge is -2.16. The van der Waals surface area contributed by atoms with Gasteiger partial charge < -0.3 is 0 Å². The van der Waals surface area contributed by atoms with Crippen molar-refractivity contribution in [2.75, 3.05) is 0 Å². The van der Waals surface area contributed by atoms with Crippen LogP contribution in [0.15, 0.2) is 11.6 Å². The van der Waals surface area contributed by atoms with Crippen LogP contribution < -0.4 is 0 Å². The Hall–Kier alpha value is -0.770. The smallest absolute Gasteiger partial charge is 0.0690 e. The van der Waals surface area contributed by atoms with E-state index in [0.717, 1.165) is 12.8 Å². The van der Waals surface area contributed by atoms with Gasteiger partial charge in [-0.25, -0.2) is 0 Å². The fourth-order valence-electron chi connectivity index (χ4n) is 1.46. The van der Waals surface area contributed by atoms with Crippen LogP contribution in [0.25, 0.3) is 0 Å². The van der Waals surface area contributed by atoms with Gasteiger partial charge in [0.15, 0.2) is 0 Å². The lowest BCUT2D eigenvalue weighted by atomic mass is 9.85. The normalized spacial score (nSPS) is 31.9. The van der Waals surface area contributed by atoms with Gasteiger partial charge in [-0.05, 0) is 39.5 Å². The molecule has 0 aromatic rings. The third-order valence-electron chi connectivity index (χ3n) is 2.47. The zero-order chi connectivity index (χ0) is 8.32. The minimum Gasteiger partial charge on any atom is -0.198 e. The second kappa shape index (κ2) is 3.09. The highest BCUT2D eigenvalue weighted by molar-refractivity contribution is 5.09. The molecule has 0 saturated heterocycles. The maximum Gasteiger partial charge on any atom is 0.0690 e. The summed E-state index contributed by atoms with van der Waals surface area (Å²) in [7, 11) is 0. The largest absolute Gasteiger partial charge is 0.198 e. The molecule has 0 saturated carbocycles. The third kappa shape index (κ3) is 2.08. The van der Waals surface area contributed by atoms with Crippen LogP contribution in [0.5, 0.6) is 0 Å². The molecular formula is C10H15N. The summed E-state index contributed by atoms with van der Waals surface area (Å²) < 4.78 is 0. The number of nitrogens with zero attached hydrogens (tertiary/aromatic N) is 1. The summed E-state index contributed by atoms with van der Waals surface area (Å²) in [6.07, 6.45) is 6.56. The van der Waals surface area contributed by atoms with Gasteiger partial charge in [-0.3, -0.25) is 0 Å². The average Bonchev–Trinajstić information content (AvgIpc) is 2.15. The van der Waals surface area contributed by atoms with E-state index in [2.05, 4.69) is 26.0 Å². The van der Waals surface area contributed by atoms with E-state index in [1.165, 1.54) is 18.4 Å². The molecule has 0 aromatic heterocycles. The molecule has 1 atom stereocenters. The van der Waals surface area contributed by atoms with E-state index in [4.69, 9.17) is 5.26 Å². The molecular weight excluding hydrogens is 134 g/mol. The molecule has 0 heterocycles. The van der Waals surface area contributed by atoms with Gasteiger partial charge in [0.2, 0.25) is 0 Å². The van der Waals surface area contributed by atoms with Crippen LogP contribution in [-0.4, -0.2) is 0 Å². The highest BCUT2D eigenvalue weighted by atomic mass is 14.3.